The molecular formula is C13H11N3O3. The molecule has 96 valence electrons. The summed E-state index contributed by atoms with van der Waals surface area (Å²) in [6.45, 7) is 0.211. The van der Waals surface area contributed by atoms with Crippen molar-refractivity contribution < 1.29 is 14.6 Å². The lowest BCUT2D eigenvalue weighted by molar-refractivity contribution is -0.134. The van der Waals surface area contributed by atoms with Gasteiger partial charge in [0.15, 0.2) is 0 Å². The van der Waals surface area contributed by atoms with Crippen LogP contribution in [0.1, 0.15) is 5.56 Å². The van der Waals surface area contributed by atoms with E-state index < -0.39 is 5.97 Å². The van der Waals surface area contributed by atoms with Crippen LogP contribution in [0.2, 0.25) is 0 Å². The normalized spacial score (nSPS) is 12.0. The van der Waals surface area contributed by atoms with Gasteiger partial charge in [0.25, 0.3) is 0 Å². The van der Waals surface area contributed by atoms with Gasteiger partial charge in [0.05, 0.1) is 5.69 Å². The van der Waals surface area contributed by atoms with Crippen molar-refractivity contribution in [1.29, 1.82) is 0 Å². The predicted octanol–water partition coefficient (Wildman–Crippen LogP) is 1.53. The zero-order chi connectivity index (χ0) is 13.2. The number of anilines is 1. The molecule has 0 saturated carbocycles. The maximum absolute atomic E-state index is 10.5. The topological polar surface area (TPSA) is 84.3 Å². The van der Waals surface area contributed by atoms with Gasteiger partial charge in [0, 0.05) is 17.3 Å². The Kier molecular flexibility index (Phi) is 2.75. The average Bonchev–Trinajstić information content (AvgIpc) is 2.44. The molecule has 1 aromatic carbocycles. The number of hydrogen-bond acceptors (Lipinski definition) is 5. The van der Waals surface area contributed by atoms with Gasteiger partial charge in [-0.15, -0.1) is 0 Å². The fraction of sp³-hybridized carbons (Fsp3) is 0.154. The lowest BCUT2D eigenvalue weighted by Crippen LogP contribution is -2.16. The molecule has 1 aromatic heterocycles. The highest BCUT2D eigenvalue weighted by molar-refractivity contribution is 5.74. The van der Waals surface area contributed by atoms with E-state index >= 15 is 0 Å². The van der Waals surface area contributed by atoms with Crippen LogP contribution in [0.3, 0.4) is 0 Å². The van der Waals surface area contributed by atoms with Gasteiger partial charge in [-0.1, -0.05) is 12.1 Å². The summed E-state index contributed by atoms with van der Waals surface area (Å²) < 4.78 is 5.59. The van der Waals surface area contributed by atoms with Crippen LogP contribution < -0.4 is 10.1 Å². The summed E-state index contributed by atoms with van der Waals surface area (Å²) in [6, 6.07) is 7.60. The van der Waals surface area contributed by atoms with Crippen LogP contribution in [0.25, 0.3) is 11.3 Å². The molecule has 1 aliphatic rings. The van der Waals surface area contributed by atoms with Crippen LogP contribution in [0, 0.1) is 0 Å². The summed E-state index contributed by atoms with van der Waals surface area (Å²) in [5.41, 5.74) is 2.56. The van der Waals surface area contributed by atoms with Crippen molar-refractivity contribution >= 4 is 11.9 Å². The number of para-hydroxylation sites is 1. The Labute approximate surface area is 109 Å². The number of nitrogens with zero attached hydrogens (tertiary/aromatic N) is 2. The molecule has 3 rings (SSSR count). The van der Waals surface area contributed by atoms with Crippen molar-refractivity contribution in [1.82, 2.24) is 9.97 Å². The number of carbonyl (C=O) groups is 1. The zero-order valence-electron chi connectivity index (χ0n) is 9.96. The lowest BCUT2D eigenvalue weighted by atomic mass is 10.0. The van der Waals surface area contributed by atoms with Crippen molar-refractivity contribution in [2.45, 2.75) is 6.61 Å². The fourth-order valence-corrected chi connectivity index (χ4v) is 1.93. The van der Waals surface area contributed by atoms with Gasteiger partial charge in [-0.3, -0.25) is 4.79 Å². The molecule has 0 radical (unpaired) electrons. The maximum atomic E-state index is 10.5. The van der Waals surface area contributed by atoms with Gasteiger partial charge in [-0.05, 0) is 12.1 Å². The van der Waals surface area contributed by atoms with E-state index in [1.165, 1.54) is 0 Å². The maximum Gasteiger partial charge on any atom is 0.322 e. The van der Waals surface area contributed by atoms with Crippen molar-refractivity contribution in [3.63, 3.8) is 0 Å². The number of hydrogen-bond donors (Lipinski definition) is 2. The number of rotatable bonds is 3. The van der Waals surface area contributed by atoms with Crippen LogP contribution in [-0.2, 0) is 11.4 Å². The van der Waals surface area contributed by atoms with E-state index in [9.17, 15) is 4.79 Å². The van der Waals surface area contributed by atoms with Crippen molar-refractivity contribution in [3.8, 4) is 17.0 Å². The largest absolute Gasteiger partial charge is 0.488 e. The number of fused-ring (bicyclic) bond motifs is 3. The summed E-state index contributed by atoms with van der Waals surface area (Å²) in [6.07, 6.45) is 1.66. The van der Waals surface area contributed by atoms with Crippen LogP contribution in [-0.4, -0.2) is 27.6 Å². The summed E-state index contributed by atoms with van der Waals surface area (Å²) in [5, 5.41) is 11.3. The first-order chi connectivity index (χ1) is 9.24. The summed E-state index contributed by atoms with van der Waals surface area (Å²) >= 11 is 0. The molecule has 6 heteroatoms. The number of ether oxygens (including phenoxy) is 1. The number of carboxylic acids is 1. The monoisotopic (exact) mass is 257 g/mol. The first-order valence-electron chi connectivity index (χ1n) is 5.78. The quantitative estimate of drug-likeness (QED) is 0.867. The van der Waals surface area contributed by atoms with E-state index in [0.29, 0.717) is 12.6 Å². The molecule has 2 heterocycles. The van der Waals surface area contributed by atoms with E-state index in [2.05, 4.69) is 15.3 Å². The van der Waals surface area contributed by atoms with Gasteiger partial charge >= 0.3 is 5.97 Å². The number of benzene rings is 1. The first-order valence-corrected chi connectivity index (χ1v) is 5.78. The third-order valence-electron chi connectivity index (χ3n) is 2.79. The van der Waals surface area contributed by atoms with E-state index in [1.54, 1.807) is 6.20 Å². The van der Waals surface area contributed by atoms with Gasteiger partial charge in [0.2, 0.25) is 5.95 Å². The molecule has 2 N–H and O–H groups in total. The van der Waals surface area contributed by atoms with Crippen LogP contribution in [0.5, 0.6) is 5.75 Å². The molecule has 2 aromatic rings. The predicted molar refractivity (Wildman–Crippen MR) is 67.9 cm³/mol. The number of aromatic nitrogens is 2. The molecule has 1 aliphatic heterocycles. The molecule has 0 unspecified atom stereocenters. The first kappa shape index (κ1) is 11.5. The summed E-state index contributed by atoms with van der Waals surface area (Å²) in [7, 11) is 0. The Hall–Kier alpha value is -2.63. The van der Waals surface area contributed by atoms with Gasteiger partial charge in [-0.2, -0.15) is 0 Å². The minimum absolute atomic E-state index is 0.211. The average molecular weight is 257 g/mol. The highest BCUT2D eigenvalue weighted by atomic mass is 16.5. The Morgan fingerprint density at radius 2 is 2.26 bits per heavy atom. The third-order valence-corrected chi connectivity index (χ3v) is 2.79. The molecule has 0 amide bonds. The van der Waals surface area contributed by atoms with Crippen molar-refractivity contribution in [2.24, 2.45) is 0 Å². The number of nitrogens with one attached hydrogen (secondary N) is 1. The molecule has 19 heavy (non-hydrogen) atoms. The number of aliphatic carboxylic acids is 1. The second-order valence-corrected chi connectivity index (χ2v) is 4.10. The van der Waals surface area contributed by atoms with Crippen molar-refractivity contribution in [2.75, 3.05) is 11.9 Å². The molecule has 0 spiro atoms. The highest BCUT2D eigenvalue weighted by Crippen LogP contribution is 2.35. The second kappa shape index (κ2) is 4.56. The summed E-state index contributed by atoms with van der Waals surface area (Å²) in [4.78, 5) is 19.0. The molecule has 0 saturated heterocycles. The SMILES string of the molecule is O=C(O)CNc1ncc2c(n1)-c1ccccc1OC2. The third kappa shape index (κ3) is 2.20. The minimum Gasteiger partial charge on any atom is -0.488 e. The van der Waals surface area contributed by atoms with Gasteiger partial charge in [-0.25, -0.2) is 9.97 Å². The van der Waals surface area contributed by atoms with E-state index in [0.717, 1.165) is 22.6 Å². The Bertz CT molecular complexity index is 643. The lowest BCUT2D eigenvalue weighted by Gasteiger charge is -2.19. The Morgan fingerprint density at radius 1 is 1.42 bits per heavy atom. The van der Waals surface area contributed by atoms with Crippen LogP contribution in [0.4, 0.5) is 5.95 Å². The minimum atomic E-state index is -0.954. The molecule has 6 nitrogen and oxygen atoms in total. The standard InChI is InChI=1S/C13H11N3O3/c17-11(18)6-15-13-14-5-8-7-19-10-4-2-1-3-9(10)12(8)16-13/h1-5H,6-7H2,(H,17,18)(H,14,15,16). The second-order valence-electron chi connectivity index (χ2n) is 4.10. The Balaban J connectivity index is 1.98. The Morgan fingerprint density at radius 3 is 3.11 bits per heavy atom. The molecule has 0 aliphatic carbocycles. The summed E-state index contributed by atoms with van der Waals surface area (Å²) in [5.74, 6) is 0.126. The van der Waals surface area contributed by atoms with E-state index in [-0.39, 0.29) is 6.54 Å². The van der Waals surface area contributed by atoms with E-state index in [1.807, 2.05) is 24.3 Å². The number of carboxylic acid groups (broad SMARTS) is 1. The van der Waals surface area contributed by atoms with Crippen LogP contribution in [0.15, 0.2) is 30.5 Å². The molecule has 0 bridgehead atoms. The molecule has 0 atom stereocenters. The zero-order valence-corrected chi connectivity index (χ0v) is 9.96. The van der Waals surface area contributed by atoms with E-state index in [4.69, 9.17) is 9.84 Å². The van der Waals surface area contributed by atoms with Crippen molar-refractivity contribution in [3.05, 3.63) is 36.0 Å². The van der Waals surface area contributed by atoms with Crippen LogP contribution >= 0.6 is 0 Å². The van der Waals surface area contributed by atoms with Gasteiger partial charge < -0.3 is 15.2 Å². The molecule has 0 fully saturated rings. The van der Waals surface area contributed by atoms with Gasteiger partial charge in [0.1, 0.15) is 18.9 Å². The molecular weight excluding hydrogens is 246 g/mol. The smallest absolute Gasteiger partial charge is 0.322 e. The highest BCUT2D eigenvalue weighted by Gasteiger charge is 2.19. The fourth-order valence-electron chi connectivity index (χ4n) is 1.93.